The van der Waals surface area contributed by atoms with Crippen LogP contribution in [0, 0.1) is 5.92 Å². The Morgan fingerprint density at radius 2 is 2.38 bits per heavy atom. The van der Waals surface area contributed by atoms with Crippen LogP contribution in [0.15, 0.2) is 18.3 Å². The quantitative estimate of drug-likeness (QED) is 0.860. The third-order valence-corrected chi connectivity index (χ3v) is 3.29. The summed E-state index contributed by atoms with van der Waals surface area (Å²) in [5.41, 5.74) is 0.866. The Morgan fingerprint density at radius 1 is 1.44 bits per heavy atom. The molecule has 16 heavy (non-hydrogen) atoms. The Labute approximate surface area is 98.6 Å². The van der Waals surface area contributed by atoms with Gasteiger partial charge in [0.1, 0.15) is 5.82 Å². The molecule has 1 atom stereocenters. The maximum absolute atomic E-state index is 5.98. The van der Waals surface area contributed by atoms with Crippen LogP contribution in [0.5, 0.6) is 0 Å². The largest absolute Gasteiger partial charge is 0.316 e. The average molecular weight is 237 g/mol. The highest BCUT2D eigenvalue weighted by molar-refractivity contribution is 6.30. The highest BCUT2D eigenvalue weighted by atomic mass is 35.5. The fraction of sp³-hybridized carbons (Fsp3) is 0.455. The molecular weight excluding hydrogens is 224 g/mol. The van der Waals surface area contributed by atoms with E-state index in [2.05, 4.69) is 15.5 Å². The minimum absolute atomic E-state index is 0.673. The first kappa shape index (κ1) is 10.1. The van der Waals surface area contributed by atoms with E-state index in [-0.39, 0.29) is 0 Å². The van der Waals surface area contributed by atoms with Crippen molar-refractivity contribution in [2.45, 2.75) is 12.8 Å². The summed E-state index contributed by atoms with van der Waals surface area (Å²) in [5.74, 6) is 1.68. The number of nitrogens with one attached hydrogen (secondary N) is 1. The van der Waals surface area contributed by atoms with Gasteiger partial charge in [0.2, 0.25) is 0 Å². The van der Waals surface area contributed by atoms with Gasteiger partial charge in [-0.1, -0.05) is 11.6 Å². The predicted molar refractivity (Wildman–Crippen MR) is 62.7 cm³/mol. The van der Waals surface area contributed by atoms with Crippen molar-refractivity contribution in [1.82, 2.24) is 19.9 Å². The first-order chi connectivity index (χ1) is 7.83. The molecule has 3 heterocycles. The van der Waals surface area contributed by atoms with E-state index in [1.165, 1.54) is 6.42 Å². The second-order valence-electron chi connectivity index (χ2n) is 4.25. The highest BCUT2D eigenvalue weighted by Crippen LogP contribution is 2.16. The van der Waals surface area contributed by atoms with Crippen molar-refractivity contribution in [2.75, 3.05) is 13.1 Å². The molecule has 1 aliphatic heterocycles. The minimum Gasteiger partial charge on any atom is -0.316 e. The van der Waals surface area contributed by atoms with Gasteiger partial charge in [-0.25, -0.2) is 0 Å². The van der Waals surface area contributed by atoms with Crippen LogP contribution >= 0.6 is 11.6 Å². The molecular formula is C11H13ClN4. The maximum Gasteiger partial charge on any atom is 0.160 e. The molecule has 0 radical (unpaired) electrons. The number of nitrogens with zero attached hydrogens (tertiary/aromatic N) is 3. The Kier molecular flexibility index (Phi) is 2.53. The van der Waals surface area contributed by atoms with Crippen LogP contribution in [0.25, 0.3) is 5.65 Å². The van der Waals surface area contributed by atoms with Crippen molar-refractivity contribution in [3.8, 4) is 0 Å². The summed E-state index contributed by atoms with van der Waals surface area (Å²) in [6, 6.07) is 3.73. The summed E-state index contributed by atoms with van der Waals surface area (Å²) in [6.45, 7) is 2.19. The Morgan fingerprint density at radius 3 is 3.19 bits per heavy atom. The third-order valence-electron chi connectivity index (χ3n) is 3.07. The standard InChI is InChI=1S/C11H13ClN4/c12-9-1-2-10-14-15-11(16(10)7-9)5-8-3-4-13-6-8/h1-2,7-8,13H,3-6H2. The number of rotatable bonds is 2. The fourth-order valence-electron chi connectivity index (χ4n) is 2.20. The summed E-state index contributed by atoms with van der Waals surface area (Å²) in [7, 11) is 0. The molecule has 5 heteroatoms. The lowest BCUT2D eigenvalue weighted by Gasteiger charge is -2.06. The fourth-order valence-corrected chi connectivity index (χ4v) is 2.36. The molecule has 1 aliphatic rings. The van der Waals surface area contributed by atoms with Crippen LogP contribution in [0.1, 0.15) is 12.2 Å². The molecule has 84 valence electrons. The zero-order valence-corrected chi connectivity index (χ0v) is 9.61. The lowest BCUT2D eigenvalue weighted by atomic mass is 10.1. The molecule has 0 amide bonds. The van der Waals surface area contributed by atoms with Gasteiger partial charge in [0.05, 0.1) is 5.02 Å². The molecule has 1 unspecified atom stereocenters. The van der Waals surface area contributed by atoms with E-state index < -0.39 is 0 Å². The van der Waals surface area contributed by atoms with E-state index >= 15 is 0 Å². The molecule has 0 aromatic carbocycles. The maximum atomic E-state index is 5.98. The van der Waals surface area contributed by atoms with Gasteiger partial charge < -0.3 is 5.32 Å². The van der Waals surface area contributed by atoms with E-state index in [4.69, 9.17) is 11.6 Å². The van der Waals surface area contributed by atoms with Crippen molar-refractivity contribution < 1.29 is 0 Å². The van der Waals surface area contributed by atoms with Crippen molar-refractivity contribution in [1.29, 1.82) is 0 Å². The molecule has 2 aromatic heterocycles. The molecule has 2 aromatic rings. The van der Waals surface area contributed by atoms with Gasteiger partial charge in [0.15, 0.2) is 5.65 Å². The van der Waals surface area contributed by atoms with Gasteiger partial charge in [-0.3, -0.25) is 4.40 Å². The number of pyridine rings is 1. The molecule has 1 saturated heterocycles. The summed E-state index contributed by atoms with van der Waals surface area (Å²) in [6.07, 6.45) is 4.07. The Balaban J connectivity index is 1.93. The van der Waals surface area contributed by atoms with Gasteiger partial charge in [-0.2, -0.15) is 0 Å². The van der Waals surface area contributed by atoms with Crippen molar-refractivity contribution in [3.63, 3.8) is 0 Å². The third kappa shape index (κ3) is 1.79. The lowest BCUT2D eigenvalue weighted by molar-refractivity contribution is 0.558. The molecule has 0 bridgehead atoms. The number of halogens is 1. The van der Waals surface area contributed by atoms with E-state index in [0.717, 1.165) is 36.0 Å². The summed E-state index contributed by atoms with van der Waals surface area (Å²) >= 11 is 5.98. The Bertz CT molecular complexity index is 502. The van der Waals surface area contributed by atoms with Crippen LogP contribution in [0.4, 0.5) is 0 Å². The van der Waals surface area contributed by atoms with Gasteiger partial charge in [-0.15, -0.1) is 10.2 Å². The van der Waals surface area contributed by atoms with Gasteiger partial charge in [0, 0.05) is 12.6 Å². The van der Waals surface area contributed by atoms with E-state index in [0.29, 0.717) is 5.92 Å². The van der Waals surface area contributed by atoms with Crippen LogP contribution in [0.2, 0.25) is 5.02 Å². The first-order valence-corrected chi connectivity index (χ1v) is 5.90. The molecule has 0 spiro atoms. The highest BCUT2D eigenvalue weighted by Gasteiger charge is 2.17. The van der Waals surface area contributed by atoms with Crippen molar-refractivity contribution in [3.05, 3.63) is 29.2 Å². The molecule has 4 nitrogen and oxygen atoms in total. The van der Waals surface area contributed by atoms with Gasteiger partial charge >= 0.3 is 0 Å². The van der Waals surface area contributed by atoms with Gasteiger partial charge in [-0.05, 0) is 37.6 Å². The topological polar surface area (TPSA) is 42.2 Å². The average Bonchev–Trinajstić information content (AvgIpc) is 2.90. The van der Waals surface area contributed by atoms with Crippen LogP contribution in [-0.4, -0.2) is 27.7 Å². The second-order valence-corrected chi connectivity index (χ2v) is 4.69. The van der Waals surface area contributed by atoms with Crippen LogP contribution in [0.3, 0.4) is 0 Å². The normalized spacial score (nSPS) is 20.7. The van der Waals surface area contributed by atoms with E-state index in [1.807, 2.05) is 22.7 Å². The minimum atomic E-state index is 0.673. The molecule has 1 N–H and O–H groups in total. The molecule has 1 fully saturated rings. The van der Waals surface area contributed by atoms with Crippen LogP contribution in [-0.2, 0) is 6.42 Å². The zero-order valence-electron chi connectivity index (χ0n) is 8.86. The SMILES string of the molecule is Clc1ccc2nnc(CC3CCNC3)n2c1. The zero-order chi connectivity index (χ0) is 11.0. The molecule has 0 saturated carbocycles. The molecule has 0 aliphatic carbocycles. The van der Waals surface area contributed by atoms with Crippen molar-refractivity contribution >= 4 is 17.2 Å². The smallest absolute Gasteiger partial charge is 0.160 e. The molecule has 3 rings (SSSR count). The summed E-state index contributed by atoms with van der Waals surface area (Å²) in [5, 5.41) is 12.4. The first-order valence-electron chi connectivity index (χ1n) is 5.53. The van der Waals surface area contributed by atoms with Crippen molar-refractivity contribution in [2.24, 2.45) is 5.92 Å². The van der Waals surface area contributed by atoms with E-state index in [9.17, 15) is 0 Å². The predicted octanol–water partition coefficient (Wildman–Crippen LogP) is 1.53. The summed E-state index contributed by atoms with van der Waals surface area (Å²) in [4.78, 5) is 0. The van der Waals surface area contributed by atoms with Gasteiger partial charge in [0.25, 0.3) is 0 Å². The number of aromatic nitrogens is 3. The summed E-state index contributed by atoms with van der Waals surface area (Å²) < 4.78 is 1.99. The van der Waals surface area contributed by atoms with Crippen LogP contribution < -0.4 is 5.32 Å². The van der Waals surface area contributed by atoms with E-state index in [1.54, 1.807) is 0 Å². The monoisotopic (exact) mass is 236 g/mol. The lowest BCUT2D eigenvalue weighted by Crippen LogP contribution is -2.12. The number of fused-ring (bicyclic) bond motifs is 1. The Hall–Kier alpha value is -1.13. The number of hydrogen-bond donors (Lipinski definition) is 1. The second kappa shape index (κ2) is 4.03. The number of hydrogen-bond acceptors (Lipinski definition) is 3.